The first kappa shape index (κ1) is 16.4. The van der Waals surface area contributed by atoms with E-state index in [4.69, 9.17) is 4.74 Å². The molecule has 1 aliphatic carbocycles. The first-order chi connectivity index (χ1) is 8.54. The second-order valence-electron chi connectivity index (χ2n) is 6.29. The summed E-state index contributed by atoms with van der Waals surface area (Å²) >= 11 is 1.99. The molecule has 1 rings (SSSR count). The summed E-state index contributed by atoms with van der Waals surface area (Å²) in [5.41, 5.74) is 0.369. The molecule has 2 heteroatoms. The second-order valence-corrected chi connectivity index (χ2v) is 7.70. The number of thioether (sulfide) groups is 1. The molecule has 108 valence electrons. The quantitative estimate of drug-likeness (QED) is 0.457. The Balaban J connectivity index is 2.39. The number of hydrogen-bond acceptors (Lipinski definition) is 2. The molecule has 18 heavy (non-hydrogen) atoms. The Morgan fingerprint density at radius 2 is 1.94 bits per heavy atom. The van der Waals surface area contributed by atoms with Gasteiger partial charge in [0.15, 0.2) is 0 Å². The Hall–Kier alpha value is 0.310. The van der Waals surface area contributed by atoms with E-state index >= 15 is 0 Å². The lowest BCUT2D eigenvalue weighted by Gasteiger charge is -2.38. The molecule has 4 atom stereocenters. The van der Waals surface area contributed by atoms with Gasteiger partial charge in [0.25, 0.3) is 0 Å². The molecule has 0 radical (unpaired) electrons. The second kappa shape index (κ2) is 8.47. The number of rotatable bonds is 7. The maximum absolute atomic E-state index is 6.35. The zero-order valence-electron chi connectivity index (χ0n) is 12.9. The van der Waals surface area contributed by atoms with Crippen LogP contribution in [-0.2, 0) is 4.74 Å². The molecule has 0 saturated heterocycles. The maximum Gasteiger partial charge on any atom is 0.100 e. The Labute approximate surface area is 118 Å². The van der Waals surface area contributed by atoms with Gasteiger partial charge in [-0.3, -0.25) is 0 Å². The summed E-state index contributed by atoms with van der Waals surface area (Å²) in [6, 6.07) is 0. The third-order valence-electron chi connectivity index (χ3n) is 4.18. The average molecular weight is 272 g/mol. The summed E-state index contributed by atoms with van der Waals surface area (Å²) < 4.78 is 6.35. The van der Waals surface area contributed by atoms with E-state index in [0.29, 0.717) is 11.5 Å². The molecule has 1 saturated carbocycles. The molecule has 1 fully saturated rings. The van der Waals surface area contributed by atoms with E-state index in [1.54, 1.807) is 0 Å². The molecule has 0 heterocycles. The summed E-state index contributed by atoms with van der Waals surface area (Å²) in [4.78, 5) is 0. The minimum absolute atomic E-state index is 0.369. The third kappa shape index (κ3) is 5.52. The number of ether oxygens (including phenoxy) is 1. The zero-order valence-corrected chi connectivity index (χ0v) is 13.8. The van der Waals surface area contributed by atoms with Crippen molar-refractivity contribution in [2.75, 3.05) is 5.75 Å². The molecule has 1 aliphatic rings. The van der Waals surface area contributed by atoms with Crippen molar-refractivity contribution in [3.05, 3.63) is 0 Å². The van der Waals surface area contributed by atoms with Crippen molar-refractivity contribution in [1.29, 1.82) is 0 Å². The van der Waals surface area contributed by atoms with Crippen molar-refractivity contribution in [3.8, 4) is 0 Å². The summed E-state index contributed by atoms with van der Waals surface area (Å²) in [6.07, 6.45) is 7.11. The Bertz CT molecular complexity index is 217. The number of unbranched alkanes of at least 4 members (excludes halogenated alkanes) is 1. The highest BCUT2D eigenvalue weighted by atomic mass is 32.2. The van der Waals surface area contributed by atoms with Gasteiger partial charge in [0.1, 0.15) is 5.44 Å². The normalized spacial score (nSPS) is 30.7. The van der Waals surface area contributed by atoms with Crippen LogP contribution < -0.4 is 0 Å². The smallest absolute Gasteiger partial charge is 0.100 e. The van der Waals surface area contributed by atoms with Crippen molar-refractivity contribution in [3.63, 3.8) is 0 Å². The third-order valence-corrected chi connectivity index (χ3v) is 5.28. The van der Waals surface area contributed by atoms with Gasteiger partial charge in [-0.15, -0.1) is 11.8 Å². The molecule has 1 nitrogen and oxygen atoms in total. The molecule has 0 aromatic heterocycles. The first-order valence-corrected chi connectivity index (χ1v) is 8.86. The Morgan fingerprint density at radius 1 is 1.22 bits per heavy atom. The van der Waals surface area contributed by atoms with Crippen LogP contribution in [0.4, 0.5) is 0 Å². The van der Waals surface area contributed by atoms with E-state index in [-0.39, 0.29) is 0 Å². The molecule has 0 aromatic carbocycles. The van der Waals surface area contributed by atoms with Crippen molar-refractivity contribution < 1.29 is 4.74 Å². The van der Waals surface area contributed by atoms with Gasteiger partial charge in [-0.2, -0.15) is 0 Å². The minimum atomic E-state index is 0.369. The van der Waals surface area contributed by atoms with E-state index in [0.717, 1.165) is 17.8 Å². The van der Waals surface area contributed by atoms with E-state index < -0.39 is 0 Å². The van der Waals surface area contributed by atoms with E-state index in [9.17, 15) is 0 Å². The summed E-state index contributed by atoms with van der Waals surface area (Å²) in [5.74, 6) is 3.62. The summed E-state index contributed by atoms with van der Waals surface area (Å²) in [5, 5.41) is 0. The molecule has 4 unspecified atom stereocenters. The molecule has 0 N–H and O–H groups in total. The lowest BCUT2D eigenvalue weighted by molar-refractivity contribution is -0.0446. The molecular weight excluding hydrogens is 240 g/mol. The molecule has 0 aromatic rings. The van der Waals surface area contributed by atoms with Crippen LogP contribution in [0.15, 0.2) is 0 Å². The van der Waals surface area contributed by atoms with Gasteiger partial charge in [-0.05, 0) is 49.7 Å². The van der Waals surface area contributed by atoms with Gasteiger partial charge < -0.3 is 4.74 Å². The average Bonchev–Trinajstić information content (AvgIpc) is 2.29. The molecule has 0 amide bonds. The van der Waals surface area contributed by atoms with Crippen molar-refractivity contribution in [1.82, 2.24) is 0 Å². The van der Waals surface area contributed by atoms with E-state index in [1.165, 1.54) is 37.9 Å². The lowest BCUT2D eigenvalue weighted by Crippen LogP contribution is -2.35. The molecule has 0 spiro atoms. The first-order valence-electron chi connectivity index (χ1n) is 7.81. The fourth-order valence-corrected chi connectivity index (χ4v) is 3.96. The Kier molecular flexibility index (Phi) is 7.70. The predicted molar refractivity (Wildman–Crippen MR) is 83.0 cm³/mol. The van der Waals surface area contributed by atoms with Crippen molar-refractivity contribution in [2.24, 2.45) is 17.8 Å². The fourth-order valence-electron chi connectivity index (χ4n) is 2.95. The highest BCUT2D eigenvalue weighted by Crippen LogP contribution is 2.36. The topological polar surface area (TPSA) is 9.23 Å². The van der Waals surface area contributed by atoms with Crippen LogP contribution in [0, 0.1) is 17.8 Å². The summed E-state index contributed by atoms with van der Waals surface area (Å²) in [7, 11) is 0. The minimum Gasteiger partial charge on any atom is -0.364 e. The Morgan fingerprint density at radius 3 is 2.56 bits per heavy atom. The van der Waals surface area contributed by atoms with Gasteiger partial charge in [0.05, 0.1) is 6.10 Å². The van der Waals surface area contributed by atoms with Crippen LogP contribution in [0.25, 0.3) is 0 Å². The molecule has 0 aliphatic heterocycles. The van der Waals surface area contributed by atoms with Crippen molar-refractivity contribution >= 4 is 11.8 Å². The van der Waals surface area contributed by atoms with Crippen LogP contribution in [0.5, 0.6) is 0 Å². The fraction of sp³-hybridized carbons (Fsp3) is 1.00. The lowest BCUT2D eigenvalue weighted by atomic mass is 9.75. The highest BCUT2D eigenvalue weighted by molar-refractivity contribution is 7.99. The van der Waals surface area contributed by atoms with Crippen LogP contribution >= 0.6 is 11.8 Å². The molecular formula is C16H32OS. The SMILES string of the molecule is CCCCSC(C)OC1CC(C)CCC1C(C)C. The van der Waals surface area contributed by atoms with Crippen LogP contribution in [0.1, 0.15) is 66.7 Å². The zero-order chi connectivity index (χ0) is 13.5. The van der Waals surface area contributed by atoms with Crippen LogP contribution in [-0.4, -0.2) is 17.3 Å². The highest BCUT2D eigenvalue weighted by Gasteiger charge is 2.32. The van der Waals surface area contributed by atoms with Gasteiger partial charge in [0.2, 0.25) is 0 Å². The largest absolute Gasteiger partial charge is 0.364 e. The summed E-state index contributed by atoms with van der Waals surface area (Å²) in [6.45, 7) is 11.6. The van der Waals surface area contributed by atoms with Gasteiger partial charge >= 0.3 is 0 Å². The van der Waals surface area contributed by atoms with Crippen LogP contribution in [0.3, 0.4) is 0 Å². The predicted octanol–water partition coefficient (Wildman–Crippen LogP) is 5.34. The van der Waals surface area contributed by atoms with Crippen molar-refractivity contribution in [2.45, 2.75) is 78.3 Å². The van der Waals surface area contributed by atoms with Crippen LogP contribution in [0.2, 0.25) is 0 Å². The van der Waals surface area contributed by atoms with Gasteiger partial charge in [0, 0.05) is 0 Å². The maximum atomic E-state index is 6.35. The van der Waals surface area contributed by atoms with Gasteiger partial charge in [-0.1, -0.05) is 40.5 Å². The standard InChI is InChI=1S/C16H32OS/c1-6-7-10-18-14(5)17-16-11-13(4)8-9-15(16)12(2)3/h12-16H,6-11H2,1-5H3. The van der Waals surface area contributed by atoms with E-state index in [2.05, 4.69) is 34.6 Å². The monoisotopic (exact) mass is 272 g/mol. The molecule has 0 bridgehead atoms. The number of hydrogen-bond donors (Lipinski definition) is 0. The van der Waals surface area contributed by atoms with Gasteiger partial charge in [-0.25, -0.2) is 0 Å². The van der Waals surface area contributed by atoms with E-state index in [1.807, 2.05) is 11.8 Å².